The highest BCUT2D eigenvalue weighted by molar-refractivity contribution is 7.89. The van der Waals surface area contributed by atoms with Crippen LogP contribution in [0.25, 0.3) is 0 Å². The molecule has 0 bridgehead atoms. The fourth-order valence-corrected chi connectivity index (χ4v) is 3.15. The third-order valence-corrected chi connectivity index (χ3v) is 4.86. The van der Waals surface area contributed by atoms with Crippen LogP contribution < -0.4 is 5.14 Å². The predicted molar refractivity (Wildman–Crippen MR) is 76.5 cm³/mol. The van der Waals surface area contributed by atoms with Crippen molar-refractivity contribution in [1.82, 2.24) is 4.90 Å². The number of likely N-dealkylation sites (tertiary alicyclic amines) is 1. The van der Waals surface area contributed by atoms with Gasteiger partial charge in [-0.1, -0.05) is 12.1 Å². The minimum Gasteiger partial charge on any atom is -0.508 e. The van der Waals surface area contributed by atoms with E-state index in [9.17, 15) is 28.2 Å². The number of rotatable bonds is 5. The average Bonchev–Trinajstić information content (AvgIpc) is 2.79. The molecule has 0 aliphatic carbocycles. The van der Waals surface area contributed by atoms with Crippen LogP contribution in [-0.4, -0.2) is 53.2 Å². The largest absolute Gasteiger partial charge is 0.508 e. The van der Waals surface area contributed by atoms with Crippen LogP contribution in [-0.2, 0) is 26.0 Å². The Labute approximate surface area is 127 Å². The number of sulfonamides is 1. The summed E-state index contributed by atoms with van der Waals surface area (Å²) in [5.74, 6) is -1.73. The lowest BCUT2D eigenvalue weighted by atomic mass is 10.0. The number of carboxylic acids is 1. The Morgan fingerprint density at radius 1 is 1.36 bits per heavy atom. The lowest BCUT2D eigenvalue weighted by Gasteiger charge is -2.24. The molecule has 1 amide bonds. The van der Waals surface area contributed by atoms with Gasteiger partial charge in [0, 0.05) is 19.4 Å². The van der Waals surface area contributed by atoms with E-state index in [-0.39, 0.29) is 25.1 Å². The number of primary sulfonamides is 1. The number of nitrogens with zero attached hydrogens (tertiary/aromatic N) is 1. The number of aromatic hydroxyl groups is 1. The fourth-order valence-electron chi connectivity index (χ4n) is 2.40. The van der Waals surface area contributed by atoms with Gasteiger partial charge in [-0.3, -0.25) is 4.79 Å². The number of nitrogens with two attached hydrogens (primary N) is 1. The molecule has 0 aromatic heterocycles. The first-order valence-electron chi connectivity index (χ1n) is 6.50. The number of carbonyl (C=O) groups excluding carboxylic acids is 1. The molecule has 1 unspecified atom stereocenters. The zero-order valence-corrected chi connectivity index (χ0v) is 12.4. The fraction of sp³-hybridized carbons (Fsp3) is 0.385. The Kier molecular flexibility index (Phi) is 4.38. The molecular formula is C13H16N2O6S. The lowest BCUT2D eigenvalue weighted by Crippen LogP contribution is -2.44. The quantitative estimate of drug-likeness (QED) is 0.652. The molecule has 4 N–H and O–H groups in total. The summed E-state index contributed by atoms with van der Waals surface area (Å²) in [5, 5.41) is 22.5. The minimum atomic E-state index is -3.89. The first kappa shape index (κ1) is 16.2. The van der Waals surface area contributed by atoms with Crippen LogP contribution in [0.5, 0.6) is 5.75 Å². The second-order valence-electron chi connectivity index (χ2n) is 5.19. The Bertz CT molecular complexity index is 685. The van der Waals surface area contributed by atoms with Crippen LogP contribution in [0.1, 0.15) is 12.0 Å². The highest BCUT2D eigenvalue weighted by Gasteiger charge is 2.41. The van der Waals surface area contributed by atoms with E-state index in [4.69, 9.17) is 5.14 Å². The second-order valence-corrected chi connectivity index (χ2v) is 7.03. The smallest absolute Gasteiger partial charge is 0.326 e. The second kappa shape index (κ2) is 5.93. The van der Waals surface area contributed by atoms with Crippen molar-refractivity contribution in [3.63, 3.8) is 0 Å². The van der Waals surface area contributed by atoms with Gasteiger partial charge in [0.25, 0.3) is 0 Å². The number of hydrogen-bond donors (Lipinski definition) is 3. The van der Waals surface area contributed by atoms with Crippen molar-refractivity contribution in [3.8, 4) is 5.75 Å². The summed E-state index contributed by atoms with van der Waals surface area (Å²) in [5.41, 5.74) is 0.608. The zero-order valence-electron chi connectivity index (χ0n) is 11.5. The number of carbonyl (C=O) groups is 2. The Morgan fingerprint density at radius 3 is 2.41 bits per heavy atom. The molecule has 1 fully saturated rings. The van der Waals surface area contributed by atoms with Gasteiger partial charge in [-0.25, -0.2) is 18.4 Å². The Morgan fingerprint density at radius 2 is 1.95 bits per heavy atom. The molecule has 9 heteroatoms. The first-order valence-corrected chi connectivity index (χ1v) is 8.11. The summed E-state index contributed by atoms with van der Waals surface area (Å²) in [6.07, 6.45) is -0.295. The Hall–Kier alpha value is -2.13. The van der Waals surface area contributed by atoms with Crippen LogP contribution in [0, 0.1) is 0 Å². The number of benzene rings is 1. The maximum absolute atomic E-state index is 11.9. The summed E-state index contributed by atoms with van der Waals surface area (Å²) in [6, 6.07) is 4.73. The van der Waals surface area contributed by atoms with Crippen LogP contribution in [0.2, 0.25) is 0 Å². The molecule has 1 aromatic carbocycles. The number of amides is 1. The van der Waals surface area contributed by atoms with Crippen LogP contribution >= 0.6 is 0 Å². The zero-order chi connectivity index (χ0) is 16.5. The molecule has 120 valence electrons. The van der Waals surface area contributed by atoms with E-state index in [0.717, 1.165) is 4.90 Å². The van der Waals surface area contributed by atoms with Gasteiger partial charge in [0.05, 0.1) is 0 Å². The van der Waals surface area contributed by atoms with Gasteiger partial charge in [-0.2, -0.15) is 0 Å². The van der Waals surface area contributed by atoms with E-state index in [0.29, 0.717) is 5.56 Å². The van der Waals surface area contributed by atoms with Gasteiger partial charge in [0.2, 0.25) is 15.9 Å². The van der Waals surface area contributed by atoms with E-state index < -0.39 is 33.2 Å². The molecule has 1 aliphatic rings. The Balaban J connectivity index is 2.20. The number of carboxylic acid groups (broad SMARTS) is 1. The predicted octanol–water partition coefficient (Wildman–Crippen LogP) is -0.723. The summed E-state index contributed by atoms with van der Waals surface area (Å²) in [6.45, 7) is -0.229. The summed E-state index contributed by atoms with van der Waals surface area (Å²) in [4.78, 5) is 24.4. The maximum Gasteiger partial charge on any atom is 0.326 e. The van der Waals surface area contributed by atoms with Crippen LogP contribution in [0.3, 0.4) is 0 Å². The summed E-state index contributed by atoms with van der Waals surface area (Å²) >= 11 is 0. The van der Waals surface area contributed by atoms with Crippen molar-refractivity contribution in [1.29, 1.82) is 0 Å². The van der Waals surface area contributed by atoms with Gasteiger partial charge in [0.15, 0.2) is 0 Å². The number of phenols is 1. The van der Waals surface area contributed by atoms with Crippen LogP contribution in [0.15, 0.2) is 24.3 Å². The maximum atomic E-state index is 11.9. The molecule has 1 aromatic rings. The summed E-state index contributed by atoms with van der Waals surface area (Å²) in [7, 11) is -3.89. The highest BCUT2D eigenvalue weighted by Crippen LogP contribution is 2.22. The number of aliphatic carboxylic acids is 1. The molecule has 8 nitrogen and oxygen atoms in total. The molecule has 1 saturated heterocycles. The molecule has 1 heterocycles. The SMILES string of the molecule is NS(=O)(=O)C1CC(=O)N([C@@H](Cc2ccc(O)cc2)C(=O)O)C1. The molecule has 0 saturated carbocycles. The van der Waals surface area contributed by atoms with Gasteiger partial charge < -0.3 is 15.1 Å². The van der Waals surface area contributed by atoms with Crippen molar-refractivity contribution in [2.45, 2.75) is 24.1 Å². The third kappa shape index (κ3) is 3.55. The average molecular weight is 328 g/mol. The molecule has 2 atom stereocenters. The lowest BCUT2D eigenvalue weighted by molar-refractivity contribution is -0.148. The third-order valence-electron chi connectivity index (χ3n) is 3.61. The molecule has 0 radical (unpaired) electrons. The summed E-state index contributed by atoms with van der Waals surface area (Å²) < 4.78 is 22.7. The van der Waals surface area contributed by atoms with Gasteiger partial charge >= 0.3 is 5.97 Å². The van der Waals surface area contributed by atoms with Crippen LogP contribution in [0.4, 0.5) is 0 Å². The van der Waals surface area contributed by atoms with Crippen molar-refractivity contribution in [2.75, 3.05) is 6.54 Å². The first-order chi connectivity index (χ1) is 10.2. The van der Waals surface area contributed by atoms with Crippen molar-refractivity contribution in [2.24, 2.45) is 5.14 Å². The minimum absolute atomic E-state index is 0.0126. The van der Waals surface area contributed by atoms with E-state index >= 15 is 0 Å². The van der Waals surface area contributed by atoms with E-state index in [1.807, 2.05) is 0 Å². The topological polar surface area (TPSA) is 138 Å². The van der Waals surface area contributed by atoms with E-state index in [1.54, 1.807) is 12.1 Å². The normalized spacial score (nSPS) is 20.1. The molecule has 0 spiro atoms. The standard InChI is InChI=1S/C13H16N2O6S/c14-22(20,21)10-6-12(17)15(7-10)11(13(18)19)5-8-1-3-9(16)4-2-8/h1-4,10-11,16H,5-7H2,(H,18,19)(H2,14,20,21)/t10?,11-/m0/s1. The van der Waals surface area contributed by atoms with E-state index in [1.165, 1.54) is 12.1 Å². The van der Waals surface area contributed by atoms with Crippen molar-refractivity contribution >= 4 is 21.9 Å². The molecular weight excluding hydrogens is 312 g/mol. The number of hydrogen-bond acceptors (Lipinski definition) is 5. The monoisotopic (exact) mass is 328 g/mol. The van der Waals surface area contributed by atoms with Gasteiger partial charge in [0.1, 0.15) is 17.0 Å². The molecule has 1 aliphatic heterocycles. The van der Waals surface area contributed by atoms with Crippen molar-refractivity contribution in [3.05, 3.63) is 29.8 Å². The van der Waals surface area contributed by atoms with Gasteiger partial charge in [-0.05, 0) is 17.7 Å². The molecule has 2 rings (SSSR count). The van der Waals surface area contributed by atoms with E-state index in [2.05, 4.69) is 0 Å². The highest BCUT2D eigenvalue weighted by atomic mass is 32.2. The number of phenolic OH excluding ortho intramolecular Hbond substituents is 1. The van der Waals surface area contributed by atoms with Crippen molar-refractivity contribution < 1.29 is 28.2 Å². The van der Waals surface area contributed by atoms with Gasteiger partial charge in [-0.15, -0.1) is 0 Å². The molecule has 22 heavy (non-hydrogen) atoms.